The summed E-state index contributed by atoms with van der Waals surface area (Å²) < 4.78 is 18.3. The highest BCUT2D eigenvalue weighted by atomic mass is 35.5. The van der Waals surface area contributed by atoms with E-state index >= 15 is 0 Å². The van der Waals surface area contributed by atoms with E-state index in [4.69, 9.17) is 25.9 Å². The first kappa shape index (κ1) is 32.2. The van der Waals surface area contributed by atoms with Crippen molar-refractivity contribution in [1.29, 1.82) is 0 Å². The molecule has 3 aromatic rings. The Morgan fingerprint density at radius 2 is 1.66 bits per heavy atom. The number of aliphatic hydroxyl groups excluding tert-OH is 1. The molecule has 0 aliphatic carbocycles. The van der Waals surface area contributed by atoms with Crippen molar-refractivity contribution in [3.05, 3.63) is 105 Å². The fraction of sp³-hybridized carbons (Fsp3) is 0.367. The number of aliphatic hydroxyl groups is 1. The average Bonchev–Trinajstić information content (AvgIpc) is 3.48. The predicted molar refractivity (Wildman–Crippen MR) is 161 cm³/mol. The molecule has 0 saturated heterocycles. The van der Waals surface area contributed by atoms with E-state index in [2.05, 4.69) is 40.5 Å². The number of nitrogens with zero attached hydrogens (tertiary/aromatic N) is 1. The summed E-state index contributed by atoms with van der Waals surface area (Å²) in [5.41, 5.74) is -0.709. The maximum atomic E-state index is 12.2. The molecule has 220 valence electrons. The van der Waals surface area contributed by atoms with Crippen LogP contribution >= 0.6 is 11.6 Å². The quantitative estimate of drug-likeness (QED) is 0.108. The third kappa shape index (κ3) is 9.10. The summed E-state index contributed by atoms with van der Waals surface area (Å²) in [5, 5.41) is 10.7. The molecule has 4 rings (SSSR count). The Balaban J connectivity index is 0.000000397. The van der Waals surface area contributed by atoms with Crippen LogP contribution < -0.4 is 21.6 Å². The number of alkyl halides is 1. The van der Waals surface area contributed by atoms with E-state index in [1.165, 1.54) is 28.2 Å². The molecule has 9 nitrogen and oxygen atoms in total. The van der Waals surface area contributed by atoms with Gasteiger partial charge in [0.15, 0.2) is 6.23 Å². The lowest BCUT2D eigenvalue weighted by Gasteiger charge is -2.30. The smallest absolute Gasteiger partial charge is 0.330 e. The van der Waals surface area contributed by atoms with Crippen molar-refractivity contribution in [2.24, 2.45) is 0 Å². The standard InChI is InChI=1S/C23H23ClN2O4Si.C7H14O3/c1-31(19-8-4-2-5-9-19,20-10-6-3-7-11-20)29-16-18-12-13-21(30-18)26-15-17(14-24)22(27)25-23(26)28;1-10-7(9)5-3-2-4-6-8/h2-13,15,18,21H,14,16H2,1H3,(H,25,27,28);8H,2-6H2,1H3/t18-,21+;/m0./s1. The van der Waals surface area contributed by atoms with Gasteiger partial charge in [-0.05, 0) is 35.8 Å². The van der Waals surface area contributed by atoms with Crippen molar-refractivity contribution < 1.29 is 23.8 Å². The molecule has 0 bridgehead atoms. The van der Waals surface area contributed by atoms with E-state index in [0.29, 0.717) is 18.6 Å². The molecule has 1 aliphatic rings. The number of nitrogens with one attached hydrogen (secondary N) is 1. The number of H-pyrrole nitrogens is 1. The largest absolute Gasteiger partial charge is 0.469 e. The molecule has 2 heterocycles. The van der Waals surface area contributed by atoms with E-state index in [9.17, 15) is 14.4 Å². The summed E-state index contributed by atoms with van der Waals surface area (Å²) in [6, 6.07) is 20.5. The summed E-state index contributed by atoms with van der Waals surface area (Å²) in [6.07, 6.45) is 7.12. The van der Waals surface area contributed by atoms with E-state index in [-0.39, 0.29) is 24.6 Å². The summed E-state index contributed by atoms with van der Waals surface area (Å²) in [4.78, 5) is 36.7. The fourth-order valence-corrected chi connectivity index (χ4v) is 7.32. The molecular formula is C30H37ClN2O7Si. The number of hydrogen-bond acceptors (Lipinski definition) is 7. The van der Waals surface area contributed by atoms with Crippen molar-refractivity contribution in [3.63, 3.8) is 0 Å². The second-order valence-corrected chi connectivity index (χ2v) is 13.4. The maximum absolute atomic E-state index is 12.2. The number of hydrogen-bond donors (Lipinski definition) is 2. The molecule has 0 spiro atoms. The number of benzene rings is 2. The molecule has 2 N–H and O–H groups in total. The number of carbonyl (C=O) groups excluding carboxylic acids is 1. The lowest BCUT2D eigenvalue weighted by Crippen LogP contribution is -2.59. The normalized spacial score (nSPS) is 16.2. The molecule has 1 aromatic heterocycles. The Morgan fingerprint density at radius 3 is 2.22 bits per heavy atom. The van der Waals surface area contributed by atoms with Gasteiger partial charge in [0.25, 0.3) is 13.9 Å². The van der Waals surface area contributed by atoms with Crippen LogP contribution in [-0.2, 0) is 24.6 Å². The second-order valence-electron chi connectivity index (χ2n) is 9.59. The molecule has 0 amide bonds. The molecule has 0 fully saturated rings. The maximum Gasteiger partial charge on any atom is 0.330 e. The van der Waals surface area contributed by atoms with E-state index < -0.39 is 25.8 Å². The molecule has 41 heavy (non-hydrogen) atoms. The van der Waals surface area contributed by atoms with Crippen LogP contribution in [0, 0.1) is 0 Å². The number of unbranched alkanes of at least 4 members (excludes halogenated alkanes) is 2. The van der Waals surface area contributed by atoms with Crippen LogP contribution in [0.5, 0.6) is 0 Å². The monoisotopic (exact) mass is 600 g/mol. The minimum absolute atomic E-state index is 0.0106. The van der Waals surface area contributed by atoms with Gasteiger partial charge in [0.1, 0.15) is 6.10 Å². The van der Waals surface area contributed by atoms with Gasteiger partial charge in [0.2, 0.25) is 0 Å². The summed E-state index contributed by atoms with van der Waals surface area (Å²) in [7, 11) is -1.07. The minimum Gasteiger partial charge on any atom is -0.469 e. The summed E-state index contributed by atoms with van der Waals surface area (Å²) in [6.45, 7) is 2.73. The number of carbonyl (C=O) groups is 1. The molecule has 0 radical (unpaired) electrons. The lowest BCUT2D eigenvalue weighted by atomic mass is 10.2. The first-order valence-corrected chi connectivity index (χ1v) is 16.4. The molecule has 0 saturated carbocycles. The van der Waals surface area contributed by atoms with Crippen LogP contribution in [0.4, 0.5) is 0 Å². The van der Waals surface area contributed by atoms with Crippen LogP contribution in [0.1, 0.15) is 37.5 Å². The molecule has 2 aromatic carbocycles. The number of rotatable bonds is 12. The van der Waals surface area contributed by atoms with Gasteiger partial charge < -0.3 is 19.0 Å². The topological polar surface area (TPSA) is 120 Å². The van der Waals surface area contributed by atoms with Crippen LogP contribution in [0.15, 0.2) is 88.6 Å². The zero-order valence-electron chi connectivity index (χ0n) is 23.3. The molecule has 0 unspecified atom stereocenters. The van der Waals surface area contributed by atoms with Gasteiger partial charge in [-0.15, -0.1) is 11.6 Å². The van der Waals surface area contributed by atoms with Crippen molar-refractivity contribution in [3.8, 4) is 0 Å². The number of halogens is 1. The number of esters is 1. The molecular weight excluding hydrogens is 564 g/mol. The fourth-order valence-electron chi connectivity index (χ4n) is 4.31. The number of ether oxygens (including phenoxy) is 2. The predicted octanol–water partition coefficient (Wildman–Crippen LogP) is 2.85. The summed E-state index contributed by atoms with van der Waals surface area (Å²) in [5.74, 6) is -0.158. The second kappa shape index (κ2) is 16.2. The highest BCUT2D eigenvalue weighted by molar-refractivity contribution is 6.96. The molecule has 11 heteroatoms. The van der Waals surface area contributed by atoms with Gasteiger partial charge in [0.05, 0.1) is 19.6 Å². The lowest BCUT2D eigenvalue weighted by molar-refractivity contribution is -0.140. The Labute approximate surface area is 245 Å². The first-order valence-electron chi connectivity index (χ1n) is 13.5. The highest BCUT2D eigenvalue weighted by Gasteiger charge is 2.35. The Morgan fingerprint density at radius 1 is 1.02 bits per heavy atom. The number of methoxy groups -OCH3 is 1. The summed E-state index contributed by atoms with van der Waals surface area (Å²) >= 11 is 5.80. The SMILES string of the molecule is COC(=O)CCCCCO.C[Si](OC[C@@H]1C=C[C@H](n2cc(CCl)c(=O)[nH]c2=O)O1)(c1ccccc1)c1ccccc1. The van der Waals surface area contributed by atoms with Gasteiger partial charge in [-0.1, -0.05) is 73.2 Å². The highest BCUT2D eigenvalue weighted by Crippen LogP contribution is 2.21. The van der Waals surface area contributed by atoms with Crippen molar-refractivity contribution in [2.75, 3.05) is 20.3 Å². The number of aromatic nitrogens is 2. The Bertz CT molecular complexity index is 1340. The van der Waals surface area contributed by atoms with E-state index in [1.54, 1.807) is 6.08 Å². The van der Waals surface area contributed by atoms with Crippen LogP contribution in [0.25, 0.3) is 0 Å². The van der Waals surface area contributed by atoms with Crippen molar-refractivity contribution >= 4 is 36.3 Å². The van der Waals surface area contributed by atoms with Crippen LogP contribution in [0.2, 0.25) is 6.55 Å². The molecule has 1 aliphatic heterocycles. The van der Waals surface area contributed by atoms with E-state index in [0.717, 1.165) is 19.3 Å². The zero-order valence-corrected chi connectivity index (χ0v) is 25.1. The van der Waals surface area contributed by atoms with Crippen molar-refractivity contribution in [2.45, 2.75) is 50.4 Å². The average molecular weight is 601 g/mol. The minimum atomic E-state index is -2.45. The Hall–Kier alpha value is -3.28. The van der Waals surface area contributed by atoms with Crippen molar-refractivity contribution in [1.82, 2.24) is 9.55 Å². The zero-order chi connectivity index (χ0) is 29.7. The number of aromatic amines is 1. The van der Waals surface area contributed by atoms with Gasteiger partial charge >= 0.3 is 11.7 Å². The van der Waals surface area contributed by atoms with Crippen LogP contribution in [0.3, 0.4) is 0 Å². The third-order valence-electron chi connectivity index (χ3n) is 6.72. The van der Waals surface area contributed by atoms with Crippen LogP contribution in [-0.4, -0.2) is 55.4 Å². The van der Waals surface area contributed by atoms with Gasteiger partial charge in [-0.3, -0.25) is 19.1 Å². The van der Waals surface area contributed by atoms with E-state index in [1.807, 2.05) is 42.5 Å². The molecule has 2 atom stereocenters. The van der Waals surface area contributed by atoms with Gasteiger partial charge in [-0.25, -0.2) is 4.79 Å². The Kier molecular flexibility index (Phi) is 12.8. The third-order valence-corrected chi connectivity index (χ3v) is 10.6. The van der Waals surface area contributed by atoms with Gasteiger partial charge in [0, 0.05) is 24.8 Å². The van der Waals surface area contributed by atoms with Gasteiger partial charge in [-0.2, -0.15) is 0 Å². The first-order chi connectivity index (χ1) is 19.8.